The lowest BCUT2D eigenvalue weighted by atomic mass is 10.00. The topological polar surface area (TPSA) is 47.9 Å². The van der Waals surface area contributed by atoms with E-state index in [1.807, 2.05) is 0 Å². The number of unbranched alkanes of at least 4 members (excludes halogenated alkanes) is 1. The van der Waals surface area contributed by atoms with Crippen molar-refractivity contribution in [1.29, 1.82) is 0 Å². The van der Waals surface area contributed by atoms with Crippen molar-refractivity contribution in [2.45, 2.75) is 59.0 Å². The van der Waals surface area contributed by atoms with Gasteiger partial charge in [0.15, 0.2) is 5.96 Å². The molecule has 2 N–H and O–H groups in total. The standard InChI is InChI=1S/C15H31N3O.HI/c1-4-7-8-13(5-2)11-17-15(16-6-3)18-10-9-14(19)12-18;/h13-14,19H,4-12H2,1-3H3,(H,16,17);1H/t13?,14-;/m1./s1. The summed E-state index contributed by atoms with van der Waals surface area (Å²) >= 11 is 0. The maximum Gasteiger partial charge on any atom is 0.194 e. The summed E-state index contributed by atoms with van der Waals surface area (Å²) in [5, 5.41) is 13.0. The van der Waals surface area contributed by atoms with Crippen molar-refractivity contribution in [1.82, 2.24) is 10.2 Å². The quantitative estimate of drug-likeness (QED) is 0.395. The average molecular weight is 397 g/mol. The molecule has 1 fully saturated rings. The Balaban J connectivity index is 0.00000361. The summed E-state index contributed by atoms with van der Waals surface area (Å²) in [6.07, 6.45) is 5.71. The zero-order valence-corrected chi connectivity index (χ0v) is 15.6. The molecule has 1 rings (SSSR count). The predicted octanol–water partition coefficient (Wildman–Crippen LogP) is 2.85. The van der Waals surface area contributed by atoms with E-state index in [-0.39, 0.29) is 30.1 Å². The fourth-order valence-corrected chi connectivity index (χ4v) is 2.49. The normalized spacial score (nSPS) is 20.7. The van der Waals surface area contributed by atoms with Crippen LogP contribution in [0.15, 0.2) is 4.99 Å². The molecule has 0 bridgehead atoms. The van der Waals surface area contributed by atoms with Crippen molar-refractivity contribution in [3.63, 3.8) is 0 Å². The van der Waals surface area contributed by atoms with Gasteiger partial charge in [0.2, 0.25) is 0 Å². The second kappa shape index (κ2) is 11.6. The van der Waals surface area contributed by atoms with E-state index in [4.69, 9.17) is 4.99 Å². The summed E-state index contributed by atoms with van der Waals surface area (Å²) in [7, 11) is 0. The third kappa shape index (κ3) is 7.11. The smallest absolute Gasteiger partial charge is 0.194 e. The molecule has 0 aromatic rings. The molecule has 0 spiro atoms. The molecule has 0 saturated carbocycles. The highest BCUT2D eigenvalue weighted by Gasteiger charge is 2.22. The molecule has 0 radical (unpaired) electrons. The van der Waals surface area contributed by atoms with Gasteiger partial charge in [-0.3, -0.25) is 4.99 Å². The number of aliphatic hydroxyl groups is 1. The van der Waals surface area contributed by atoms with E-state index >= 15 is 0 Å². The van der Waals surface area contributed by atoms with E-state index < -0.39 is 0 Å². The molecule has 0 aromatic carbocycles. The number of nitrogens with zero attached hydrogens (tertiary/aromatic N) is 2. The van der Waals surface area contributed by atoms with E-state index in [0.717, 1.165) is 38.6 Å². The van der Waals surface area contributed by atoms with Crippen molar-refractivity contribution in [3.05, 3.63) is 0 Å². The van der Waals surface area contributed by atoms with Crippen LogP contribution in [0.4, 0.5) is 0 Å². The number of aliphatic hydroxyl groups excluding tert-OH is 1. The van der Waals surface area contributed by atoms with Gasteiger partial charge in [-0.1, -0.05) is 33.1 Å². The summed E-state index contributed by atoms with van der Waals surface area (Å²) in [6.45, 7) is 10.0. The first-order valence-corrected chi connectivity index (χ1v) is 7.92. The van der Waals surface area contributed by atoms with E-state index in [1.165, 1.54) is 25.7 Å². The predicted molar refractivity (Wildman–Crippen MR) is 96.9 cm³/mol. The van der Waals surface area contributed by atoms with Gasteiger partial charge >= 0.3 is 0 Å². The third-order valence-corrected chi connectivity index (χ3v) is 3.84. The number of β-amino-alcohol motifs (C(OH)–C–C–N with tert-alkyl or cyclic N) is 1. The van der Waals surface area contributed by atoms with Crippen LogP contribution in [0.5, 0.6) is 0 Å². The summed E-state index contributed by atoms with van der Waals surface area (Å²) in [4.78, 5) is 6.96. The Morgan fingerprint density at radius 2 is 2.15 bits per heavy atom. The van der Waals surface area contributed by atoms with E-state index in [0.29, 0.717) is 5.92 Å². The van der Waals surface area contributed by atoms with E-state index in [2.05, 4.69) is 31.0 Å². The van der Waals surface area contributed by atoms with Crippen molar-refractivity contribution in [2.24, 2.45) is 10.9 Å². The number of likely N-dealkylation sites (tertiary alicyclic amines) is 1. The minimum Gasteiger partial charge on any atom is -0.391 e. The van der Waals surface area contributed by atoms with Crippen LogP contribution < -0.4 is 5.32 Å². The Labute approximate surface area is 141 Å². The Bertz CT molecular complexity index is 274. The van der Waals surface area contributed by atoms with Crippen LogP contribution in [0.3, 0.4) is 0 Å². The van der Waals surface area contributed by atoms with E-state index in [9.17, 15) is 5.11 Å². The monoisotopic (exact) mass is 397 g/mol. The molecule has 4 nitrogen and oxygen atoms in total. The molecule has 1 saturated heterocycles. The van der Waals surface area contributed by atoms with Gasteiger partial charge in [-0.25, -0.2) is 0 Å². The number of hydrogen-bond donors (Lipinski definition) is 2. The average Bonchev–Trinajstić information content (AvgIpc) is 2.84. The number of hydrogen-bond acceptors (Lipinski definition) is 2. The minimum atomic E-state index is -0.189. The molecule has 0 aromatic heterocycles. The Hall–Kier alpha value is -0.0400. The number of aliphatic imine (C=N–C) groups is 1. The molecule has 1 aliphatic rings. The molecule has 2 atom stereocenters. The molecule has 120 valence electrons. The largest absolute Gasteiger partial charge is 0.391 e. The van der Waals surface area contributed by atoms with Crippen LogP contribution in [0.2, 0.25) is 0 Å². The number of halogens is 1. The molecular formula is C15H32IN3O. The van der Waals surface area contributed by atoms with Crippen LogP contribution in [0.1, 0.15) is 52.9 Å². The molecule has 1 aliphatic heterocycles. The van der Waals surface area contributed by atoms with Crippen molar-refractivity contribution < 1.29 is 5.11 Å². The van der Waals surface area contributed by atoms with Crippen molar-refractivity contribution in [2.75, 3.05) is 26.2 Å². The number of rotatable bonds is 7. The summed E-state index contributed by atoms with van der Waals surface area (Å²) in [5.74, 6) is 1.68. The van der Waals surface area contributed by atoms with Gasteiger partial charge < -0.3 is 15.3 Å². The maximum absolute atomic E-state index is 9.63. The second-order valence-corrected chi connectivity index (χ2v) is 5.50. The highest BCUT2D eigenvalue weighted by molar-refractivity contribution is 14.0. The van der Waals surface area contributed by atoms with Gasteiger partial charge in [0, 0.05) is 26.2 Å². The maximum atomic E-state index is 9.63. The lowest BCUT2D eigenvalue weighted by Gasteiger charge is -2.22. The lowest BCUT2D eigenvalue weighted by molar-refractivity contribution is 0.187. The second-order valence-electron chi connectivity index (χ2n) is 5.50. The molecule has 5 heteroatoms. The van der Waals surface area contributed by atoms with E-state index in [1.54, 1.807) is 0 Å². The van der Waals surface area contributed by atoms with Crippen molar-refractivity contribution in [3.8, 4) is 0 Å². The van der Waals surface area contributed by atoms with Crippen LogP contribution in [0, 0.1) is 5.92 Å². The van der Waals surface area contributed by atoms with Crippen LogP contribution >= 0.6 is 24.0 Å². The highest BCUT2D eigenvalue weighted by Crippen LogP contribution is 2.14. The first kappa shape index (κ1) is 20.0. The molecule has 20 heavy (non-hydrogen) atoms. The zero-order chi connectivity index (χ0) is 14.1. The molecule has 0 aliphatic carbocycles. The molecule has 1 unspecified atom stereocenters. The highest BCUT2D eigenvalue weighted by atomic mass is 127. The van der Waals surface area contributed by atoms with Crippen LogP contribution in [-0.2, 0) is 0 Å². The van der Waals surface area contributed by atoms with Crippen LogP contribution in [0.25, 0.3) is 0 Å². The first-order chi connectivity index (χ1) is 9.21. The molecule has 1 heterocycles. The Kier molecular flexibility index (Phi) is 11.6. The Morgan fingerprint density at radius 1 is 1.40 bits per heavy atom. The zero-order valence-electron chi connectivity index (χ0n) is 13.3. The molecule has 0 amide bonds. The lowest BCUT2D eigenvalue weighted by Crippen LogP contribution is -2.40. The third-order valence-electron chi connectivity index (χ3n) is 3.84. The van der Waals surface area contributed by atoms with Gasteiger partial charge in [-0.2, -0.15) is 0 Å². The minimum absolute atomic E-state index is 0. The van der Waals surface area contributed by atoms with Crippen molar-refractivity contribution >= 4 is 29.9 Å². The number of guanidine groups is 1. The number of nitrogens with one attached hydrogen (secondary N) is 1. The van der Waals surface area contributed by atoms with Gasteiger partial charge in [0.1, 0.15) is 0 Å². The van der Waals surface area contributed by atoms with Gasteiger partial charge in [0.25, 0.3) is 0 Å². The fourth-order valence-electron chi connectivity index (χ4n) is 2.49. The van der Waals surface area contributed by atoms with Gasteiger partial charge in [0.05, 0.1) is 6.10 Å². The van der Waals surface area contributed by atoms with Crippen LogP contribution in [-0.4, -0.2) is 48.2 Å². The molecular weight excluding hydrogens is 365 g/mol. The Morgan fingerprint density at radius 3 is 2.65 bits per heavy atom. The summed E-state index contributed by atoms with van der Waals surface area (Å²) in [5.41, 5.74) is 0. The SMILES string of the molecule is CCCCC(CC)CN=C(NCC)N1CC[C@@H](O)C1.I. The first-order valence-electron chi connectivity index (χ1n) is 7.92. The summed E-state index contributed by atoms with van der Waals surface area (Å²) in [6, 6.07) is 0. The fraction of sp³-hybridized carbons (Fsp3) is 0.933. The summed E-state index contributed by atoms with van der Waals surface area (Å²) < 4.78 is 0. The van der Waals surface area contributed by atoms with Gasteiger partial charge in [-0.15, -0.1) is 24.0 Å². The van der Waals surface area contributed by atoms with Gasteiger partial charge in [-0.05, 0) is 25.7 Å².